The summed E-state index contributed by atoms with van der Waals surface area (Å²) in [5.41, 5.74) is 2.32. The molecule has 2 aromatic carbocycles. The van der Waals surface area contributed by atoms with Gasteiger partial charge in [-0.25, -0.2) is 0 Å². The van der Waals surface area contributed by atoms with E-state index in [0.717, 1.165) is 16.2 Å². The van der Waals surface area contributed by atoms with Crippen molar-refractivity contribution >= 4 is 29.3 Å². The Labute approximate surface area is 146 Å². The highest BCUT2D eigenvalue weighted by Gasteiger charge is 2.03. The lowest BCUT2D eigenvalue weighted by molar-refractivity contribution is -0.118. The number of amides is 1. The molecule has 0 bridgehead atoms. The van der Waals surface area contributed by atoms with Crippen LogP contribution in [0.4, 0.5) is 0 Å². The highest BCUT2D eigenvalue weighted by molar-refractivity contribution is 8.00. The number of ether oxygens (including phenoxy) is 1. The van der Waals surface area contributed by atoms with Crippen LogP contribution in [0.3, 0.4) is 0 Å². The van der Waals surface area contributed by atoms with E-state index >= 15 is 0 Å². The summed E-state index contributed by atoms with van der Waals surface area (Å²) >= 11 is 7.31. The molecule has 1 N–H and O–H groups in total. The van der Waals surface area contributed by atoms with Crippen molar-refractivity contribution < 1.29 is 9.53 Å². The van der Waals surface area contributed by atoms with Gasteiger partial charge in [0.05, 0.1) is 12.3 Å². The van der Waals surface area contributed by atoms with E-state index in [1.165, 1.54) is 17.3 Å². The lowest BCUT2D eigenvalue weighted by Gasteiger charge is -2.10. The molecule has 0 aliphatic rings. The Bertz CT molecular complexity index is 659. The molecule has 0 fully saturated rings. The largest absolute Gasteiger partial charge is 0.491 e. The number of nitrogens with one attached hydrogen (secondary N) is 1. The van der Waals surface area contributed by atoms with E-state index in [1.54, 1.807) is 0 Å². The lowest BCUT2D eigenvalue weighted by Crippen LogP contribution is -2.29. The molecule has 5 heteroatoms. The number of hydrogen-bond donors (Lipinski definition) is 1. The van der Waals surface area contributed by atoms with Crippen LogP contribution >= 0.6 is 23.4 Å². The second kappa shape index (κ2) is 8.85. The van der Waals surface area contributed by atoms with Crippen LogP contribution in [-0.2, 0) is 4.79 Å². The molecule has 2 rings (SSSR count). The van der Waals surface area contributed by atoms with Crippen molar-refractivity contribution in [3.8, 4) is 5.75 Å². The average Bonchev–Trinajstić information content (AvgIpc) is 2.52. The van der Waals surface area contributed by atoms with Crippen LogP contribution in [0.1, 0.15) is 11.1 Å². The molecular formula is C18H20ClNO2S. The smallest absolute Gasteiger partial charge is 0.230 e. The highest BCUT2D eigenvalue weighted by atomic mass is 35.5. The minimum absolute atomic E-state index is 0.00539. The number of aryl methyl sites for hydroxylation is 2. The first kappa shape index (κ1) is 17.7. The fourth-order valence-electron chi connectivity index (χ4n) is 2.04. The minimum atomic E-state index is -0.00539. The Balaban J connectivity index is 1.65. The number of halogens is 1. The zero-order chi connectivity index (χ0) is 16.7. The molecular weight excluding hydrogens is 330 g/mol. The van der Waals surface area contributed by atoms with Crippen LogP contribution in [0.2, 0.25) is 5.02 Å². The quantitative estimate of drug-likeness (QED) is 0.600. The Morgan fingerprint density at radius 1 is 1.17 bits per heavy atom. The first-order valence-corrected chi connectivity index (χ1v) is 8.76. The summed E-state index contributed by atoms with van der Waals surface area (Å²) in [6, 6.07) is 13.5. The van der Waals surface area contributed by atoms with E-state index in [4.69, 9.17) is 16.3 Å². The van der Waals surface area contributed by atoms with E-state index in [1.807, 2.05) is 43.3 Å². The maximum absolute atomic E-state index is 11.8. The normalized spacial score (nSPS) is 10.4. The Morgan fingerprint density at radius 2 is 1.91 bits per heavy atom. The van der Waals surface area contributed by atoms with Gasteiger partial charge in [0, 0.05) is 9.92 Å². The van der Waals surface area contributed by atoms with E-state index in [0.29, 0.717) is 23.9 Å². The summed E-state index contributed by atoms with van der Waals surface area (Å²) in [4.78, 5) is 12.8. The van der Waals surface area contributed by atoms with Gasteiger partial charge in [-0.05, 0) is 49.7 Å². The molecule has 0 saturated heterocycles. The van der Waals surface area contributed by atoms with Gasteiger partial charge in [0.25, 0.3) is 0 Å². The molecule has 0 aromatic heterocycles. The molecule has 0 heterocycles. The molecule has 0 radical (unpaired) electrons. The lowest BCUT2D eigenvalue weighted by atomic mass is 10.1. The van der Waals surface area contributed by atoms with E-state index in [2.05, 4.69) is 18.3 Å². The molecule has 2 aromatic rings. The van der Waals surface area contributed by atoms with Crippen LogP contribution in [0, 0.1) is 13.8 Å². The van der Waals surface area contributed by atoms with Gasteiger partial charge in [-0.1, -0.05) is 29.3 Å². The zero-order valence-corrected chi connectivity index (χ0v) is 14.8. The average molecular weight is 350 g/mol. The molecule has 0 unspecified atom stereocenters. The topological polar surface area (TPSA) is 38.3 Å². The summed E-state index contributed by atoms with van der Waals surface area (Å²) in [5.74, 6) is 1.24. The highest BCUT2D eigenvalue weighted by Crippen LogP contribution is 2.20. The number of carbonyl (C=O) groups excluding carboxylic acids is 1. The van der Waals surface area contributed by atoms with Crippen LogP contribution < -0.4 is 10.1 Å². The van der Waals surface area contributed by atoms with Gasteiger partial charge in [0.1, 0.15) is 12.4 Å². The van der Waals surface area contributed by atoms with Gasteiger partial charge in [-0.15, -0.1) is 11.8 Å². The third-order valence-corrected chi connectivity index (χ3v) is 4.46. The predicted molar refractivity (Wildman–Crippen MR) is 96.6 cm³/mol. The summed E-state index contributed by atoms with van der Waals surface area (Å²) < 4.78 is 5.68. The molecule has 0 atom stereocenters. The first-order valence-electron chi connectivity index (χ1n) is 7.40. The Morgan fingerprint density at radius 3 is 2.61 bits per heavy atom. The molecule has 0 aliphatic heterocycles. The van der Waals surface area contributed by atoms with Crippen molar-refractivity contribution in [2.75, 3.05) is 18.9 Å². The molecule has 0 spiro atoms. The second-order valence-electron chi connectivity index (χ2n) is 5.21. The van der Waals surface area contributed by atoms with Crippen molar-refractivity contribution in [1.29, 1.82) is 0 Å². The molecule has 122 valence electrons. The van der Waals surface area contributed by atoms with E-state index in [-0.39, 0.29) is 5.91 Å². The van der Waals surface area contributed by atoms with Crippen molar-refractivity contribution in [2.45, 2.75) is 18.7 Å². The second-order valence-corrected chi connectivity index (χ2v) is 6.70. The third-order valence-electron chi connectivity index (χ3n) is 3.20. The maximum Gasteiger partial charge on any atom is 0.230 e. The molecule has 23 heavy (non-hydrogen) atoms. The molecule has 0 saturated carbocycles. The monoisotopic (exact) mass is 349 g/mol. The Kier molecular flexibility index (Phi) is 6.81. The molecule has 1 amide bonds. The van der Waals surface area contributed by atoms with Crippen molar-refractivity contribution in [3.63, 3.8) is 0 Å². The van der Waals surface area contributed by atoms with Crippen LogP contribution in [0.5, 0.6) is 5.75 Å². The van der Waals surface area contributed by atoms with Gasteiger partial charge in [0.2, 0.25) is 5.91 Å². The fraction of sp³-hybridized carbons (Fsp3) is 0.278. The number of carbonyl (C=O) groups is 1. The van der Waals surface area contributed by atoms with E-state index < -0.39 is 0 Å². The number of benzene rings is 2. The minimum Gasteiger partial charge on any atom is -0.491 e. The van der Waals surface area contributed by atoms with Crippen LogP contribution in [-0.4, -0.2) is 24.8 Å². The summed E-state index contributed by atoms with van der Waals surface area (Å²) in [7, 11) is 0. The SMILES string of the molecule is Cc1ccc(OCCNC(=O)CSc2ccc(Cl)cc2)c(C)c1. The van der Waals surface area contributed by atoms with Crippen molar-refractivity contribution in [2.24, 2.45) is 0 Å². The number of hydrogen-bond acceptors (Lipinski definition) is 3. The predicted octanol–water partition coefficient (Wildman–Crippen LogP) is 4.24. The summed E-state index contributed by atoms with van der Waals surface area (Å²) in [6.45, 7) is 5.02. The maximum atomic E-state index is 11.8. The zero-order valence-electron chi connectivity index (χ0n) is 13.3. The number of rotatable bonds is 7. The van der Waals surface area contributed by atoms with Gasteiger partial charge < -0.3 is 10.1 Å². The summed E-state index contributed by atoms with van der Waals surface area (Å²) in [5, 5.41) is 3.55. The van der Waals surface area contributed by atoms with Gasteiger partial charge in [-0.3, -0.25) is 4.79 Å². The van der Waals surface area contributed by atoms with Crippen LogP contribution in [0.25, 0.3) is 0 Å². The summed E-state index contributed by atoms with van der Waals surface area (Å²) in [6.07, 6.45) is 0. The van der Waals surface area contributed by atoms with Gasteiger partial charge in [-0.2, -0.15) is 0 Å². The van der Waals surface area contributed by atoms with E-state index in [9.17, 15) is 4.79 Å². The number of thioether (sulfide) groups is 1. The first-order chi connectivity index (χ1) is 11.0. The van der Waals surface area contributed by atoms with Gasteiger partial charge in [0.15, 0.2) is 0 Å². The molecule has 0 aliphatic carbocycles. The van der Waals surface area contributed by atoms with Crippen molar-refractivity contribution in [3.05, 3.63) is 58.6 Å². The van der Waals surface area contributed by atoms with Crippen LogP contribution in [0.15, 0.2) is 47.4 Å². The third kappa shape index (κ3) is 6.16. The van der Waals surface area contributed by atoms with Gasteiger partial charge >= 0.3 is 0 Å². The fourth-order valence-corrected chi connectivity index (χ4v) is 2.90. The van der Waals surface area contributed by atoms with Crippen molar-refractivity contribution in [1.82, 2.24) is 5.32 Å². The Hall–Kier alpha value is -1.65. The molecule has 3 nitrogen and oxygen atoms in total. The standard InChI is InChI=1S/C18H20ClNO2S/c1-13-3-8-17(14(2)11-13)22-10-9-20-18(21)12-23-16-6-4-15(19)5-7-16/h3-8,11H,9-10,12H2,1-2H3,(H,20,21).